The van der Waals surface area contributed by atoms with E-state index in [1.54, 1.807) is 0 Å². The van der Waals surface area contributed by atoms with Crippen molar-refractivity contribution in [3.63, 3.8) is 0 Å². The van der Waals surface area contributed by atoms with Crippen molar-refractivity contribution in [3.8, 4) is 129 Å². The Morgan fingerprint density at radius 1 is 0.240 bits per heavy atom. The van der Waals surface area contributed by atoms with Crippen molar-refractivity contribution in [2.75, 3.05) is 0 Å². The van der Waals surface area contributed by atoms with Crippen LogP contribution in [-0.4, -0.2) is 17.2 Å². The lowest BCUT2D eigenvalue weighted by molar-refractivity contribution is 1.13. The van der Waals surface area contributed by atoms with Crippen LogP contribution in [0.25, 0.3) is 144 Å². The first-order valence-electron chi connectivity index (χ1n) is 32.9. The van der Waals surface area contributed by atoms with Gasteiger partial charge in [0.05, 0.1) is 30.7 Å². The van der Waals surface area contributed by atoms with Crippen LogP contribution in [0.2, 0.25) is 19.6 Å². The molecule has 456 valence electrons. The molecule has 0 aliphatic heterocycles. The van der Waals surface area contributed by atoms with Gasteiger partial charge in [-0.3, -0.25) is 0 Å². The Balaban J connectivity index is 0.000000158. The average Bonchev–Trinajstić information content (AvgIpc) is 1.61. The number of hydrogen-bond donors (Lipinski definition) is 0. The van der Waals surface area contributed by atoms with Crippen molar-refractivity contribution in [2.45, 2.75) is 19.6 Å². The van der Waals surface area contributed by atoms with Gasteiger partial charge in [0, 0.05) is 45.7 Å². The highest BCUT2D eigenvalue weighted by atomic mass is 28.3. The molecule has 0 amide bonds. The quantitative estimate of drug-likeness (QED) is 0.106. The number of hydrogen-bond acceptors (Lipinski definition) is 1. The van der Waals surface area contributed by atoms with Crippen LogP contribution in [0.15, 0.2) is 364 Å². The van der Waals surface area contributed by atoms with Crippen LogP contribution in [0.1, 0.15) is 5.56 Å². The van der Waals surface area contributed by atoms with Crippen molar-refractivity contribution in [1.29, 1.82) is 5.26 Å². The Morgan fingerprint density at radius 3 is 0.750 bits per heavy atom. The van der Waals surface area contributed by atoms with Gasteiger partial charge in [-0.05, 0) is 161 Å². The van der Waals surface area contributed by atoms with Gasteiger partial charge in [-0.25, -0.2) is 0 Å². The predicted molar refractivity (Wildman–Crippen MR) is 409 cm³/mol. The smallest absolute Gasteiger partial charge is 0.0991 e. The Kier molecular flexibility index (Phi) is 16.6. The van der Waals surface area contributed by atoms with Crippen LogP contribution >= 0.6 is 0 Å². The minimum Gasteiger partial charge on any atom is -0.316 e. The third-order valence-corrected chi connectivity index (χ3v) is 20.7. The van der Waals surface area contributed by atoms with Crippen molar-refractivity contribution in [2.24, 2.45) is 0 Å². The third kappa shape index (κ3) is 12.6. The summed E-state index contributed by atoms with van der Waals surface area (Å²) >= 11 is 0. The van der Waals surface area contributed by atoms with Gasteiger partial charge in [0.25, 0.3) is 0 Å². The highest BCUT2D eigenvalue weighted by molar-refractivity contribution is 6.88. The number of nitrogens with zero attached hydrogens (tertiary/aromatic N) is 3. The lowest BCUT2D eigenvalue weighted by atomic mass is 9.97. The summed E-state index contributed by atoms with van der Waals surface area (Å²) in [7, 11) is -1.33. The SMILES string of the molecule is C[Si](C)(C)c1ccc(-c2ccc(-n3cc(-c4ccc(-c5ccccc5)cc4)c4cc(-c5ccc(-c6ccccc6)cc5)ccc43)cc2)cc1.N#Cc1ccc(-c2ccc(-n3cc(-c4ccc(-c5ccccc5)cc4)c4cc(-c5ccc(-c6ccccc6)cc5)ccc43)cc2)cc1. The fourth-order valence-corrected chi connectivity index (χ4v) is 14.3. The summed E-state index contributed by atoms with van der Waals surface area (Å²) in [6.07, 6.45) is 4.57. The van der Waals surface area contributed by atoms with Gasteiger partial charge in [0.2, 0.25) is 0 Å². The van der Waals surface area contributed by atoms with Gasteiger partial charge in [-0.15, -0.1) is 0 Å². The maximum absolute atomic E-state index is 9.18. The van der Waals surface area contributed by atoms with E-state index in [2.05, 4.69) is 375 Å². The van der Waals surface area contributed by atoms with Gasteiger partial charge in [0.1, 0.15) is 0 Å². The molecule has 0 bridgehead atoms. The van der Waals surface area contributed by atoms with Crippen LogP contribution in [0, 0.1) is 11.3 Å². The summed E-state index contributed by atoms with van der Waals surface area (Å²) in [6, 6.07) is 128. The van der Waals surface area contributed by atoms with E-state index in [0.717, 1.165) is 28.0 Å². The summed E-state index contributed by atoms with van der Waals surface area (Å²) in [6.45, 7) is 7.19. The van der Waals surface area contributed by atoms with E-state index in [4.69, 9.17) is 0 Å². The lowest BCUT2D eigenvalue weighted by Gasteiger charge is -2.17. The molecule has 0 N–H and O–H groups in total. The predicted octanol–water partition coefficient (Wildman–Crippen LogP) is 24.3. The van der Waals surface area contributed by atoms with Crippen molar-refractivity contribution in [1.82, 2.24) is 9.13 Å². The average molecular weight is 1240 g/mol. The first-order chi connectivity index (χ1) is 47.1. The van der Waals surface area contributed by atoms with Gasteiger partial charge in [0.15, 0.2) is 0 Å². The number of fused-ring (bicyclic) bond motifs is 2. The first kappa shape index (κ1) is 60.1. The van der Waals surface area contributed by atoms with E-state index in [1.165, 1.54) is 122 Å². The Hall–Kier alpha value is -12.1. The largest absolute Gasteiger partial charge is 0.316 e. The minimum absolute atomic E-state index is 0.667. The molecular formula is C92H69N3Si. The van der Waals surface area contributed by atoms with Crippen LogP contribution < -0.4 is 5.19 Å². The molecule has 0 aliphatic carbocycles. The van der Waals surface area contributed by atoms with Crippen LogP contribution in [0.5, 0.6) is 0 Å². The van der Waals surface area contributed by atoms with Gasteiger partial charge in [-0.2, -0.15) is 5.26 Å². The van der Waals surface area contributed by atoms with Crippen molar-refractivity contribution in [3.05, 3.63) is 370 Å². The van der Waals surface area contributed by atoms with E-state index >= 15 is 0 Å². The molecule has 0 spiro atoms. The Morgan fingerprint density at radius 2 is 0.469 bits per heavy atom. The maximum Gasteiger partial charge on any atom is 0.0991 e. The van der Waals surface area contributed by atoms with Gasteiger partial charge in [-0.1, -0.05) is 316 Å². The van der Waals surface area contributed by atoms with E-state index in [9.17, 15) is 5.26 Å². The van der Waals surface area contributed by atoms with Crippen molar-refractivity contribution >= 4 is 35.1 Å². The third-order valence-electron chi connectivity index (χ3n) is 18.6. The van der Waals surface area contributed by atoms with E-state index < -0.39 is 8.07 Å². The molecule has 96 heavy (non-hydrogen) atoms. The van der Waals surface area contributed by atoms with Gasteiger partial charge >= 0.3 is 0 Å². The second kappa shape index (κ2) is 26.5. The molecule has 0 saturated carbocycles. The first-order valence-corrected chi connectivity index (χ1v) is 36.4. The standard InChI is InChI=1S/C47H39NSi.C45H30N2/c1-49(2,3)44-29-24-39(25-30-44)38-22-27-43(28-23-38)48-33-46(41-20-18-37(19-21-41)35-12-8-5-9-13-35)45-32-42(26-31-47(45)48)40-16-14-36(15-17-40)34-10-6-4-7-11-34;46-30-32-11-13-35(14-12-32)38-23-26-42(27-24-38)47-31-44(40-21-19-37(20-22-40)34-9-5-2-6-10-34)43-29-41(25-28-45(43)47)39-17-15-36(16-18-39)33-7-3-1-4-8-33/h4-33H,1-3H3;1-29,31H. The molecule has 16 rings (SSSR count). The van der Waals surface area contributed by atoms with E-state index in [0.29, 0.717) is 5.56 Å². The van der Waals surface area contributed by atoms with Gasteiger partial charge < -0.3 is 9.13 Å². The van der Waals surface area contributed by atoms with E-state index in [1.807, 2.05) is 24.3 Å². The van der Waals surface area contributed by atoms with Crippen molar-refractivity contribution < 1.29 is 0 Å². The summed E-state index contributed by atoms with van der Waals surface area (Å²) in [5.41, 5.74) is 29.3. The fourth-order valence-electron chi connectivity index (χ4n) is 13.2. The molecule has 0 aliphatic rings. The Labute approximate surface area is 564 Å². The summed E-state index contributed by atoms with van der Waals surface area (Å²) in [5.74, 6) is 0. The normalized spacial score (nSPS) is 11.3. The van der Waals surface area contributed by atoms with Crippen LogP contribution in [-0.2, 0) is 0 Å². The zero-order valence-corrected chi connectivity index (χ0v) is 55.0. The number of nitriles is 1. The second-order valence-corrected chi connectivity index (χ2v) is 30.8. The maximum atomic E-state index is 9.18. The molecule has 2 aromatic heterocycles. The summed E-state index contributed by atoms with van der Waals surface area (Å²) in [4.78, 5) is 0. The Bertz CT molecular complexity index is 5380. The number of aromatic nitrogens is 2. The molecule has 0 saturated heterocycles. The molecule has 2 heterocycles. The summed E-state index contributed by atoms with van der Waals surface area (Å²) in [5, 5.41) is 13.1. The zero-order chi connectivity index (χ0) is 65.0. The molecule has 16 aromatic rings. The van der Waals surface area contributed by atoms with E-state index in [-0.39, 0.29) is 0 Å². The molecule has 0 fully saturated rings. The minimum atomic E-state index is -1.33. The second-order valence-electron chi connectivity index (χ2n) is 25.7. The summed E-state index contributed by atoms with van der Waals surface area (Å²) < 4.78 is 4.64. The fraction of sp³-hybridized carbons (Fsp3) is 0.0326. The molecule has 14 aromatic carbocycles. The zero-order valence-electron chi connectivity index (χ0n) is 54.0. The van der Waals surface area contributed by atoms with Crippen LogP contribution in [0.4, 0.5) is 0 Å². The highest BCUT2D eigenvalue weighted by Crippen LogP contribution is 2.40. The lowest BCUT2D eigenvalue weighted by Crippen LogP contribution is -2.37. The van der Waals surface area contributed by atoms with Crippen LogP contribution in [0.3, 0.4) is 0 Å². The molecule has 3 nitrogen and oxygen atoms in total. The topological polar surface area (TPSA) is 33.6 Å². The monoisotopic (exact) mass is 1240 g/mol. The molecule has 4 heteroatoms. The number of rotatable bonds is 13. The molecular weight excluding hydrogens is 1180 g/mol. The molecule has 0 atom stereocenters. The highest BCUT2D eigenvalue weighted by Gasteiger charge is 2.19. The molecule has 0 radical (unpaired) electrons. The molecule has 0 unspecified atom stereocenters. The number of benzene rings is 14.